The van der Waals surface area contributed by atoms with E-state index in [9.17, 15) is 9.90 Å². The highest BCUT2D eigenvalue weighted by Gasteiger charge is 2.23. The molecule has 0 fully saturated rings. The van der Waals surface area contributed by atoms with E-state index in [1.165, 1.54) is 23.5 Å². The van der Waals surface area contributed by atoms with Gasteiger partial charge in [0.2, 0.25) is 11.1 Å². The van der Waals surface area contributed by atoms with Gasteiger partial charge < -0.3 is 10.4 Å². The first kappa shape index (κ1) is 16.4. The van der Waals surface area contributed by atoms with Crippen molar-refractivity contribution in [2.24, 2.45) is 4.99 Å². The number of Topliss-reactive ketones (excluding diaryl/α,β-unsaturated/α-hetero) is 1. The highest BCUT2D eigenvalue weighted by Crippen LogP contribution is 2.22. The third kappa shape index (κ3) is 3.70. The zero-order chi connectivity index (χ0) is 16.9. The van der Waals surface area contributed by atoms with Crippen LogP contribution in [0.3, 0.4) is 0 Å². The number of aromatic nitrogens is 2. The lowest BCUT2D eigenvalue weighted by Crippen LogP contribution is -2.42. The van der Waals surface area contributed by atoms with Crippen LogP contribution < -0.4 is 10.2 Å². The van der Waals surface area contributed by atoms with E-state index in [2.05, 4.69) is 27.4 Å². The number of phenols is 1. The summed E-state index contributed by atoms with van der Waals surface area (Å²) in [6, 6.07) is 6.24. The molecule has 24 heavy (non-hydrogen) atoms. The predicted molar refractivity (Wildman–Crippen MR) is 94.0 cm³/mol. The molecule has 0 bridgehead atoms. The summed E-state index contributed by atoms with van der Waals surface area (Å²) in [4.78, 5) is 18.8. The third-order valence-electron chi connectivity index (χ3n) is 3.55. The Hall–Kier alpha value is -2.48. The molecule has 2 N–H and O–H groups in total. The predicted octanol–water partition coefficient (Wildman–Crippen LogP) is 1.84. The number of anilines is 1. The number of rotatable bonds is 6. The summed E-state index contributed by atoms with van der Waals surface area (Å²) in [6.45, 7) is 3.65. The number of carbonyl (C=O) groups excluding carboxylic acids is 1. The molecule has 0 atom stereocenters. The number of carbonyl (C=O) groups is 1. The number of phenolic OH excluding ortho intramolecular Hbond substituents is 1. The van der Waals surface area contributed by atoms with Crippen LogP contribution in [-0.2, 0) is 6.42 Å². The molecule has 2 aromatic rings. The summed E-state index contributed by atoms with van der Waals surface area (Å²) >= 11 is 1.48. The van der Waals surface area contributed by atoms with E-state index < -0.39 is 0 Å². The van der Waals surface area contributed by atoms with Crippen molar-refractivity contribution in [1.29, 1.82) is 0 Å². The number of nitrogens with one attached hydrogen (secondary N) is 1. The van der Waals surface area contributed by atoms with Crippen LogP contribution in [0.15, 0.2) is 29.3 Å². The number of nitrogens with zero attached hydrogens (tertiary/aromatic N) is 4. The Morgan fingerprint density at radius 1 is 1.33 bits per heavy atom. The molecule has 0 saturated heterocycles. The molecule has 1 aromatic heterocycles. The summed E-state index contributed by atoms with van der Waals surface area (Å²) in [5.41, 5.74) is 0.537. The number of aliphatic imine (C=N–C) groups is 1. The monoisotopic (exact) mass is 345 g/mol. The maximum absolute atomic E-state index is 12.6. The van der Waals surface area contributed by atoms with E-state index in [0.29, 0.717) is 23.2 Å². The molecular formula is C16H19N5O2S. The van der Waals surface area contributed by atoms with Crippen molar-refractivity contribution in [3.63, 3.8) is 0 Å². The van der Waals surface area contributed by atoms with Gasteiger partial charge in [-0.1, -0.05) is 18.3 Å². The number of aryl methyl sites for hydroxylation is 1. The number of hydrogen-bond donors (Lipinski definition) is 2. The Balaban J connectivity index is 1.82. The quantitative estimate of drug-likeness (QED) is 0.777. The van der Waals surface area contributed by atoms with Gasteiger partial charge in [0.05, 0.1) is 13.1 Å². The van der Waals surface area contributed by atoms with Gasteiger partial charge >= 0.3 is 0 Å². The summed E-state index contributed by atoms with van der Waals surface area (Å²) in [5, 5.41) is 22.6. The lowest BCUT2D eigenvalue weighted by Gasteiger charge is -2.20. The second-order valence-electron chi connectivity index (χ2n) is 5.42. The maximum Gasteiger partial charge on any atom is 0.215 e. The molecule has 0 radical (unpaired) electrons. The minimum atomic E-state index is -0.0707. The molecule has 1 aromatic carbocycles. The fourth-order valence-corrected chi connectivity index (χ4v) is 3.29. The zero-order valence-electron chi connectivity index (χ0n) is 13.4. The van der Waals surface area contributed by atoms with E-state index in [0.717, 1.165) is 24.4 Å². The molecule has 1 aliphatic heterocycles. The van der Waals surface area contributed by atoms with Crippen molar-refractivity contribution < 1.29 is 9.90 Å². The van der Waals surface area contributed by atoms with Crippen molar-refractivity contribution in [3.05, 3.63) is 34.8 Å². The molecule has 1 aliphatic rings. The molecule has 126 valence electrons. The van der Waals surface area contributed by atoms with Gasteiger partial charge in [-0.3, -0.25) is 14.7 Å². The number of benzene rings is 1. The number of hydrogen-bond acceptors (Lipinski definition) is 8. The maximum atomic E-state index is 12.6. The smallest absolute Gasteiger partial charge is 0.215 e. The Bertz CT molecular complexity index is 741. The van der Waals surface area contributed by atoms with Crippen LogP contribution in [0.25, 0.3) is 0 Å². The summed E-state index contributed by atoms with van der Waals surface area (Å²) in [6.07, 6.45) is 1.87. The van der Waals surface area contributed by atoms with Crippen molar-refractivity contribution in [1.82, 2.24) is 15.5 Å². The van der Waals surface area contributed by atoms with E-state index >= 15 is 0 Å². The first-order valence-corrected chi connectivity index (χ1v) is 8.69. The molecular weight excluding hydrogens is 326 g/mol. The molecule has 0 spiro atoms. The summed E-state index contributed by atoms with van der Waals surface area (Å²) in [7, 11) is 0. The molecule has 0 saturated carbocycles. The first-order chi connectivity index (χ1) is 11.7. The van der Waals surface area contributed by atoms with Crippen molar-refractivity contribution in [3.8, 4) is 5.75 Å². The lowest BCUT2D eigenvalue weighted by molar-refractivity contribution is 0.100. The van der Waals surface area contributed by atoms with Crippen LogP contribution in [0.5, 0.6) is 5.75 Å². The van der Waals surface area contributed by atoms with Gasteiger partial charge in [-0.2, -0.15) is 0 Å². The Labute approximate surface area is 144 Å². The second kappa shape index (κ2) is 7.39. The average Bonchev–Trinajstić information content (AvgIpc) is 3.25. The highest BCUT2D eigenvalue weighted by molar-refractivity contribution is 7.15. The SMILES string of the molecule is CCCc1nnc(N(CC(=O)c2ccc(O)cc2)C2=NCCN2)s1. The molecule has 3 rings (SSSR count). The number of ketones is 1. The number of guanidine groups is 1. The van der Waals surface area contributed by atoms with Gasteiger partial charge in [0.25, 0.3) is 0 Å². The summed E-state index contributed by atoms with van der Waals surface area (Å²) < 4.78 is 0. The molecule has 7 nitrogen and oxygen atoms in total. The molecule has 0 aliphatic carbocycles. The Morgan fingerprint density at radius 3 is 2.79 bits per heavy atom. The Morgan fingerprint density at radius 2 is 2.12 bits per heavy atom. The van der Waals surface area contributed by atoms with Crippen LogP contribution in [0.1, 0.15) is 28.7 Å². The van der Waals surface area contributed by atoms with Gasteiger partial charge in [-0.15, -0.1) is 10.2 Å². The van der Waals surface area contributed by atoms with Crippen LogP contribution in [-0.4, -0.2) is 46.7 Å². The van der Waals surface area contributed by atoms with E-state index in [4.69, 9.17) is 0 Å². The second-order valence-corrected chi connectivity index (χ2v) is 6.46. The normalized spacial score (nSPS) is 13.5. The lowest BCUT2D eigenvalue weighted by atomic mass is 10.1. The molecule has 0 unspecified atom stereocenters. The standard InChI is InChI=1S/C16H19N5O2S/c1-2-3-14-19-20-16(24-14)21(15-17-8-9-18-15)10-13(23)11-4-6-12(22)7-5-11/h4-7,22H,2-3,8-10H2,1H3,(H,17,18). The fourth-order valence-electron chi connectivity index (χ4n) is 2.35. The molecule has 0 amide bonds. The average molecular weight is 345 g/mol. The molecule has 2 heterocycles. The van der Waals surface area contributed by atoms with Crippen LogP contribution in [0, 0.1) is 0 Å². The first-order valence-electron chi connectivity index (χ1n) is 7.88. The zero-order valence-corrected chi connectivity index (χ0v) is 14.2. The van der Waals surface area contributed by atoms with Gasteiger partial charge in [0.15, 0.2) is 5.78 Å². The minimum Gasteiger partial charge on any atom is -0.508 e. The van der Waals surface area contributed by atoms with Crippen molar-refractivity contribution in [2.45, 2.75) is 19.8 Å². The van der Waals surface area contributed by atoms with Gasteiger partial charge in [0.1, 0.15) is 10.8 Å². The minimum absolute atomic E-state index is 0.0707. The van der Waals surface area contributed by atoms with Gasteiger partial charge in [-0.05, 0) is 30.7 Å². The number of aromatic hydroxyl groups is 1. The van der Waals surface area contributed by atoms with E-state index in [1.807, 2.05) is 0 Å². The van der Waals surface area contributed by atoms with Crippen molar-refractivity contribution >= 4 is 28.2 Å². The van der Waals surface area contributed by atoms with Gasteiger partial charge in [-0.25, -0.2) is 0 Å². The van der Waals surface area contributed by atoms with E-state index in [1.54, 1.807) is 17.0 Å². The Kier molecular flexibility index (Phi) is 5.05. The van der Waals surface area contributed by atoms with Gasteiger partial charge in [0, 0.05) is 18.5 Å². The van der Waals surface area contributed by atoms with Crippen molar-refractivity contribution in [2.75, 3.05) is 24.5 Å². The van der Waals surface area contributed by atoms with Crippen LogP contribution in [0.2, 0.25) is 0 Å². The molecule has 8 heteroatoms. The highest BCUT2D eigenvalue weighted by atomic mass is 32.1. The van der Waals surface area contributed by atoms with Crippen LogP contribution in [0.4, 0.5) is 5.13 Å². The van der Waals surface area contributed by atoms with Crippen LogP contribution >= 0.6 is 11.3 Å². The fraction of sp³-hybridized carbons (Fsp3) is 0.375. The topological polar surface area (TPSA) is 90.7 Å². The van der Waals surface area contributed by atoms with E-state index in [-0.39, 0.29) is 18.1 Å². The largest absolute Gasteiger partial charge is 0.508 e. The third-order valence-corrected chi connectivity index (χ3v) is 4.56. The summed E-state index contributed by atoms with van der Waals surface area (Å²) in [5.74, 6) is 0.721.